The fraction of sp³-hybridized carbons (Fsp3) is 0.529. The van der Waals surface area contributed by atoms with Gasteiger partial charge in [-0.05, 0) is 56.4 Å². The van der Waals surface area contributed by atoms with E-state index >= 15 is 0 Å². The molecule has 122 valence electrons. The first kappa shape index (κ1) is 18.6. The molecule has 22 heavy (non-hydrogen) atoms. The Bertz CT molecular complexity index is 480. The number of unbranched alkanes of at least 4 members (excludes halogenated alkanes) is 1. The van der Waals surface area contributed by atoms with Crippen LogP contribution in [0.5, 0.6) is 0 Å². The Kier molecular flexibility index (Phi) is 8.11. The normalized spacial score (nSPS) is 10.8. The number of ether oxygens (including phenoxy) is 1. The second-order valence-electron chi connectivity index (χ2n) is 5.79. The zero-order valence-corrected chi connectivity index (χ0v) is 14.7. The van der Waals surface area contributed by atoms with Gasteiger partial charge in [0.1, 0.15) is 0 Å². The third-order valence-corrected chi connectivity index (χ3v) is 3.56. The summed E-state index contributed by atoms with van der Waals surface area (Å²) in [6, 6.07) is 6.38. The van der Waals surface area contributed by atoms with Crippen molar-refractivity contribution in [2.24, 2.45) is 5.92 Å². The molecule has 1 aromatic carbocycles. The van der Waals surface area contributed by atoms with Gasteiger partial charge in [-0.1, -0.05) is 20.3 Å². The van der Waals surface area contributed by atoms with Crippen molar-refractivity contribution in [3.8, 4) is 0 Å². The third-order valence-electron chi connectivity index (χ3n) is 3.03. The molecule has 0 aliphatic heterocycles. The molecule has 0 N–H and O–H groups in total. The Morgan fingerprint density at radius 3 is 2.05 bits per heavy atom. The van der Waals surface area contributed by atoms with Gasteiger partial charge in [-0.3, -0.25) is 0 Å². The molecule has 0 atom stereocenters. The van der Waals surface area contributed by atoms with Crippen LogP contribution < -0.4 is 0 Å². The van der Waals surface area contributed by atoms with Crippen LogP contribution >= 0.6 is 8.15 Å². The molecule has 0 saturated carbocycles. The lowest BCUT2D eigenvalue weighted by Crippen LogP contribution is -2.08. The maximum Gasteiger partial charge on any atom is 0.340 e. The largest absolute Gasteiger partial charge is 0.462 e. The van der Waals surface area contributed by atoms with Crippen LogP contribution in [-0.4, -0.2) is 31.9 Å². The number of esters is 1. The predicted octanol–water partition coefficient (Wildman–Crippen LogP) is 4.48. The standard InChI is InChI=1S/C17H25O4P/c1-13(2)7-5-6-12-20-16(18)14-8-10-15(11-9-14)17(19)21-22(3)4/h8-11,13H,5-7,12H2,1-4H3. The highest BCUT2D eigenvalue weighted by Gasteiger charge is 2.12. The molecule has 0 amide bonds. The number of hydrogen-bond donors (Lipinski definition) is 0. The summed E-state index contributed by atoms with van der Waals surface area (Å²) in [5, 5.41) is 0. The molecule has 0 fully saturated rings. The highest BCUT2D eigenvalue weighted by atomic mass is 31.1. The number of carbonyl (C=O) groups is 2. The minimum Gasteiger partial charge on any atom is -0.462 e. The Balaban J connectivity index is 2.42. The molecule has 4 nitrogen and oxygen atoms in total. The van der Waals surface area contributed by atoms with Crippen LogP contribution in [0.4, 0.5) is 0 Å². The van der Waals surface area contributed by atoms with E-state index in [1.807, 2.05) is 13.3 Å². The Morgan fingerprint density at radius 2 is 1.55 bits per heavy atom. The predicted molar refractivity (Wildman–Crippen MR) is 89.6 cm³/mol. The van der Waals surface area contributed by atoms with Gasteiger partial charge in [-0.25, -0.2) is 9.59 Å². The van der Waals surface area contributed by atoms with Crippen molar-refractivity contribution in [2.75, 3.05) is 19.9 Å². The van der Waals surface area contributed by atoms with Crippen molar-refractivity contribution in [1.82, 2.24) is 0 Å². The first-order chi connectivity index (χ1) is 10.4. The van der Waals surface area contributed by atoms with E-state index in [0.717, 1.165) is 19.3 Å². The average Bonchev–Trinajstić information content (AvgIpc) is 2.45. The van der Waals surface area contributed by atoms with Gasteiger partial charge in [0.15, 0.2) is 0 Å². The van der Waals surface area contributed by atoms with Gasteiger partial charge in [0, 0.05) is 0 Å². The Hall–Kier alpha value is -1.41. The monoisotopic (exact) mass is 324 g/mol. The smallest absolute Gasteiger partial charge is 0.340 e. The van der Waals surface area contributed by atoms with Gasteiger partial charge in [-0.15, -0.1) is 0 Å². The van der Waals surface area contributed by atoms with E-state index in [9.17, 15) is 9.59 Å². The topological polar surface area (TPSA) is 52.6 Å². The van der Waals surface area contributed by atoms with Crippen LogP contribution in [0.1, 0.15) is 53.8 Å². The Labute approximate surface area is 134 Å². The van der Waals surface area contributed by atoms with E-state index in [0.29, 0.717) is 23.7 Å². The van der Waals surface area contributed by atoms with Crippen molar-refractivity contribution in [2.45, 2.75) is 33.1 Å². The molecule has 0 saturated heterocycles. The van der Waals surface area contributed by atoms with E-state index in [1.165, 1.54) is 0 Å². The summed E-state index contributed by atoms with van der Waals surface area (Å²) in [6.07, 6.45) is 3.09. The lowest BCUT2D eigenvalue weighted by Gasteiger charge is -2.08. The van der Waals surface area contributed by atoms with Gasteiger partial charge < -0.3 is 9.26 Å². The molecule has 0 unspecified atom stereocenters. The van der Waals surface area contributed by atoms with Crippen molar-refractivity contribution in [1.29, 1.82) is 0 Å². The zero-order valence-electron chi connectivity index (χ0n) is 13.8. The first-order valence-corrected chi connectivity index (χ1v) is 9.72. The molecule has 0 radical (unpaired) electrons. The van der Waals surface area contributed by atoms with E-state index in [2.05, 4.69) is 13.8 Å². The minimum absolute atomic E-state index is 0.349. The number of benzene rings is 1. The molecule has 5 heteroatoms. The van der Waals surface area contributed by atoms with Gasteiger partial charge in [0.05, 0.1) is 25.9 Å². The molecule has 0 bridgehead atoms. The van der Waals surface area contributed by atoms with Gasteiger partial charge in [0.25, 0.3) is 0 Å². The van der Waals surface area contributed by atoms with Crippen molar-refractivity contribution >= 4 is 20.1 Å². The summed E-state index contributed by atoms with van der Waals surface area (Å²) >= 11 is 0. The third kappa shape index (κ3) is 7.04. The summed E-state index contributed by atoms with van der Waals surface area (Å²) in [5.74, 6) is -0.0299. The van der Waals surface area contributed by atoms with Crippen LogP contribution in [0, 0.1) is 5.92 Å². The molecule has 0 aliphatic carbocycles. The molecular weight excluding hydrogens is 299 g/mol. The van der Waals surface area contributed by atoms with Crippen LogP contribution in [0.3, 0.4) is 0 Å². The summed E-state index contributed by atoms with van der Waals surface area (Å²) in [7, 11) is -0.741. The van der Waals surface area contributed by atoms with Crippen LogP contribution in [0.25, 0.3) is 0 Å². The molecular formula is C17H25O4P. The second kappa shape index (κ2) is 9.58. The van der Waals surface area contributed by atoms with Gasteiger partial charge >= 0.3 is 11.9 Å². The lowest BCUT2D eigenvalue weighted by atomic mass is 10.1. The van der Waals surface area contributed by atoms with E-state index in [-0.39, 0.29) is 11.9 Å². The van der Waals surface area contributed by atoms with Gasteiger partial charge in [0.2, 0.25) is 0 Å². The van der Waals surface area contributed by atoms with E-state index in [1.54, 1.807) is 24.3 Å². The quantitative estimate of drug-likeness (QED) is 0.402. The summed E-state index contributed by atoms with van der Waals surface area (Å²) < 4.78 is 10.4. The first-order valence-electron chi connectivity index (χ1n) is 7.57. The SMILES string of the molecule is CC(C)CCCCOC(=O)c1ccc(C(=O)OP(C)C)cc1. The zero-order chi connectivity index (χ0) is 16.5. The molecule has 0 spiro atoms. The highest BCUT2D eigenvalue weighted by Crippen LogP contribution is 2.27. The molecule has 1 rings (SSSR count). The fourth-order valence-electron chi connectivity index (χ4n) is 1.86. The molecule has 1 aromatic rings. The number of carbonyl (C=O) groups excluding carboxylic acids is 2. The fourth-order valence-corrected chi connectivity index (χ4v) is 2.30. The summed E-state index contributed by atoms with van der Waals surface area (Å²) in [5.41, 5.74) is 0.903. The molecule has 0 aliphatic rings. The van der Waals surface area contributed by atoms with Crippen molar-refractivity contribution in [3.05, 3.63) is 35.4 Å². The van der Waals surface area contributed by atoms with Gasteiger partial charge in [-0.2, -0.15) is 0 Å². The molecule has 0 aromatic heterocycles. The van der Waals surface area contributed by atoms with Crippen LogP contribution in [0.15, 0.2) is 24.3 Å². The number of hydrogen-bond acceptors (Lipinski definition) is 4. The average molecular weight is 324 g/mol. The number of rotatable bonds is 8. The summed E-state index contributed by atoms with van der Waals surface area (Å²) in [4.78, 5) is 23.6. The van der Waals surface area contributed by atoms with Crippen molar-refractivity contribution in [3.63, 3.8) is 0 Å². The van der Waals surface area contributed by atoms with Crippen LogP contribution in [-0.2, 0) is 9.26 Å². The maximum absolute atomic E-state index is 11.9. The summed E-state index contributed by atoms with van der Waals surface area (Å²) in [6.45, 7) is 8.51. The van der Waals surface area contributed by atoms with E-state index < -0.39 is 8.15 Å². The van der Waals surface area contributed by atoms with Crippen LogP contribution in [0.2, 0.25) is 0 Å². The maximum atomic E-state index is 11.9. The molecule has 0 heterocycles. The second-order valence-corrected chi connectivity index (χ2v) is 7.60. The van der Waals surface area contributed by atoms with Crippen molar-refractivity contribution < 1.29 is 18.8 Å². The Morgan fingerprint density at radius 1 is 1.00 bits per heavy atom. The van der Waals surface area contributed by atoms with E-state index in [4.69, 9.17) is 9.26 Å². The minimum atomic E-state index is -0.741. The highest BCUT2D eigenvalue weighted by molar-refractivity contribution is 7.51. The lowest BCUT2D eigenvalue weighted by molar-refractivity contribution is 0.0496.